The van der Waals surface area contributed by atoms with Gasteiger partial charge in [-0.2, -0.15) is 0 Å². The van der Waals surface area contributed by atoms with Crippen LogP contribution in [0.5, 0.6) is 0 Å². The molecule has 29 heavy (non-hydrogen) atoms. The zero-order valence-corrected chi connectivity index (χ0v) is 16.8. The third-order valence-corrected chi connectivity index (χ3v) is 4.72. The van der Waals surface area contributed by atoms with Gasteiger partial charge in [-0.25, -0.2) is 9.59 Å². The van der Waals surface area contributed by atoms with Gasteiger partial charge in [-0.3, -0.25) is 0 Å². The molecule has 0 fully saturated rings. The number of aliphatic hydroxyl groups excluding tert-OH is 1. The van der Waals surface area contributed by atoms with E-state index in [2.05, 4.69) is 0 Å². The molecule has 0 aliphatic carbocycles. The molecule has 0 bridgehead atoms. The minimum absolute atomic E-state index is 0.196. The van der Waals surface area contributed by atoms with E-state index in [1.807, 2.05) is 6.92 Å². The molecule has 6 heteroatoms. The quantitative estimate of drug-likeness (QED) is 0.464. The molecular formula is C23H28O6. The predicted octanol–water partition coefficient (Wildman–Crippen LogP) is 3.92. The van der Waals surface area contributed by atoms with E-state index in [9.17, 15) is 19.8 Å². The molecule has 0 radical (unpaired) electrons. The molecule has 2 unspecified atom stereocenters. The van der Waals surface area contributed by atoms with Crippen molar-refractivity contribution in [1.82, 2.24) is 0 Å². The van der Waals surface area contributed by atoms with E-state index < -0.39 is 29.9 Å². The molecule has 156 valence electrons. The van der Waals surface area contributed by atoms with Crippen molar-refractivity contribution in [3.05, 3.63) is 71.8 Å². The normalized spacial score (nSPS) is 13.4. The van der Waals surface area contributed by atoms with Crippen molar-refractivity contribution >= 4 is 11.9 Å². The maximum absolute atomic E-state index is 12.6. The highest BCUT2D eigenvalue weighted by atomic mass is 16.8. The number of benzene rings is 2. The Bertz CT molecular complexity index is 721. The molecule has 0 saturated carbocycles. The molecule has 2 rings (SSSR count). The molecule has 2 atom stereocenters. The average Bonchev–Trinajstić information content (AvgIpc) is 2.74. The summed E-state index contributed by atoms with van der Waals surface area (Å²) in [5.41, 5.74) is 0.392. The number of rotatable bonds is 10. The Morgan fingerprint density at radius 2 is 1.34 bits per heavy atom. The van der Waals surface area contributed by atoms with Crippen LogP contribution >= 0.6 is 0 Å². The summed E-state index contributed by atoms with van der Waals surface area (Å²) in [7, 11) is 0. The fourth-order valence-electron chi connectivity index (χ4n) is 3.03. The summed E-state index contributed by atoms with van der Waals surface area (Å²) in [5, 5.41) is 21.7. The number of hydrogen-bond acceptors (Lipinski definition) is 6. The van der Waals surface area contributed by atoms with Gasteiger partial charge in [0, 0.05) is 0 Å². The SMILES string of the molecule is CCCCC(C(O)CC)C(O)(OC(=O)c1ccccc1)OC(=O)c1ccccc1. The Kier molecular flexibility index (Phi) is 8.36. The summed E-state index contributed by atoms with van der Waals surface area (Å²) in [5.74, 6) is -5.30. The third kappa shape index (κ3) is 6.14. The van der Waals surface area contributed by atoms with Gasteiger partial charge in [0.25, 0.3) is 0 Å². The lowest BCUT2D eigenvalue weighted by atomic mass is 9.91. The first kappa shape index (κ1) is 22.6. The van der Waals surface area contributed by atoms with Crippen molar-refractivity contribution in [2.75, 3.05) is 0 Å². The summed E-state index contributed by atoms with van der Waals surface area (Å²) >= 11 is 0. The highest BCUT2D eigenvalue weighted by molar-refractivity contribution is 5.91. The number of carbonyl (C=O) groups excluding carboxylic acids is 2. The maximum Gasteiger partial charge on any atom is 0.379 e. The molecule has 2 aromatic carbocycles. The number of carbonyl (C=O) groups is 2. The van der Waals surface area contributed by atoms with Crippen molar-refractivity contribution in [2.45, 2.75) is 51.6 Å². The van der Waals surface area contributed by atoms with Crippen LogP contribution in [-0.2, 0) is 9.47 Å². The van der Waals surface area contributed by atoms with Gasteiger partial charge in [0.1, 0.15) is 0 Å². The largest absolute Gasteiger partial charge is 0.394 e. The van der Waals surface area contributed by atoms with Gasteiger partial charge in [0.2, 0.25) is 0 Å². The second-order valence-electron chi connectivity index (χ2n) is 6.87. The first-order valence-corrected chi connectivity index (χ1v) is 9.88. The number of hydrogen-bond donors (Lipinski definition) is 2. The van der Waals surface area contributed by atoms with Crippen LogP contribution in [0.4, 0.5) is 0 Å². The minimum Gasteiger partial charge on any atom is -0.394 e. The van der Waals surface area contributed by atoms with E-state index in [0.717, 1.165) is 6.42 Å². The molecule has 2 N–H and O–H groups in total. The van der Waals surface area contributed by atoms with Crippen LogP contribution in [0.3, 0.4) is 0 Å². The molecule has 0 heterocycles. The standard InChI is InChI=1S/C23H28O6/c1-3-5-16-19(20(24)4-2)23(27,28-21(25)17-12-8-6-9-13-17)29-22(26)18-14-10-7-11-15-18/h6-15,19-20,24,27H,3-5,16H2,1-2H3. The van der Waals surface area contributed by atoms with Gasteiger partial charge < -0.3 is 19.7 Å². The van der Waals surface area contributed by atoms with Crippen molar-refractivity contribution in [1.29, 1.82) is 0 Å². The van der Waals surface area contributed by atoms with Gasteiger partial charge in [-0.1, -0.05) is 63.1 Å². The van der Waals surface area contributed by atoms with Crippen LogP contribution in [0.2, 0.25) is 0 Å². The molecule has 2 aromatic rings. The zero-order chi connectivity index (χ0) is 21.3. The molecule has 0 aliphatic heterocycles. The zero-order valence-electron chi connectivity index (χ0n) is 16.8. The molecule has 0 aromatic heterocycles. The Labute approximate surface area is 171 Å². The van der Waals surface area contributed by atoms with Gasteiger partial charge in [0.05, 0.1) is 23.1 Å². The summed E-state index contributed by atoms with van der Waals surface area (Å²) in [4.78, 5) is 25.2. The molecular weight excluding hydrogens is 372 g/mol. The number of unbranched alkanes of at least 4 members (excludes halogenated alkanes) is 1. The van der Waals surface area contributed by atoms with Crippen LogP contribution in [0.15, 0.2) is 60.7 Å². The van der Waals surface area contributed by atoms with Crippen LogP contribution < -0.4 is 0 Å². The first-order chi connectivity index (χ1) is 13.9. The second-order valence-corrected chi connectivity index (χ2v) is 6.87. The Morgan fingerprint density at radius 1 is 0.897 bits per heavy atom. The molecule has 0 spiro atoms. The van der Waals surface area contributed by atoms with Crippen molar-refractivity contribution in [3.63, 3.8) is 0 Å². The van der Waals surface area contributed by atoms with E-state index in [0.29, 0.717) is 19.3 Å². The molecule has 0 saturated heterocycles. The summed E-state index contributed by atoms with van der Waals surface area (Å²) in [6.07, 6.45) is 1.02. The summed E-state index contributed by atoms with van der Waals surface area (Å²) < 4.78 is 10.6. The highest BCUT2D eigenvalue weighted by Gasteiger charge is 2.48. The topological polar surface area (TPSA) is 93.1 Å². The van der Waals surface area contributed by atoms with Crippen molar-refractivity contribution < 1.29 is 29.3 Å². The smallest absolute Gasteiger partial charge is 0.379 e. The van der Waals surface area contributed by atoms with E-state index >= 15 is 0 Å². The number of aliphatic hydroxyl groups is 2. The van der Waals surface area contributed by atoms with Crippen molar-refractivity contribution in [3.8, 4) is 0 Å². The lowest BCUT2D eigenvalue weighted by molar-refractivity contribution is -0.345. The average molecular weight is 400 g/mol. The van der Waals surface area contributed by atoms with Crippen LogP contribution in [0.25, 0.3) is 0 Å². The lowest BCUT2D eigenvalue weighted by Gasteiger charge is -2.36. The van der Waals surface area contributed by atoms with Crippen LogP contribution in [0.1, 0.15) is 60.2 Å². The molecule has 0 amide bonds. The van der Waals surface area contributed by atoms with Gasteiger partial charge >= 0.3 is 17.9 Å². The van der Waals surface area contributed by atoms with E-state index in [-0.39, 0.29) is 11.1 Å². The predicted molar refractivity (Wildman–Crippen MR) is 108 cm³/mol. The first-order valence-electron chi connectivity index (χ1n) is 9.88. The minimum atomic E-state index is -2.61. The molecule has 6 nitrogen and oxygen atoms in total. The van der Waals surface area contributed by atoms with E-state index in [1.54, 1.807) is 43.3 Å². The monoisotopic (exact) mass is 400 g/mol. The highest BCUT2D eigenvalue weighted by Crippen LogP contribution is 2.32. The number of ether oxygens (including phenoxy) is 2. The van der Waals surface area contributed by atoms with Gasteiger partial charge in [-0.05, 0) is 37.1 Å². The third-order valence-electron chi connectivity index (χ3n) is 4.72. The van der Waals surface area contributed by atoms with E-state index in [4.69, 9.17) is 9.47 Å². The van der Waals surface area contributed by atoms with Gasteiger partial charge in [-0.15, -0.1) is 0 Å². The Balaban J connectivity index is 2.35. The summed E-state index contributed by atoms with van der Waals surface area (Å²) in [6, 6.07) is 16.2. The van der Waals surface area contributed by atoms with Crippen molar-refractivity contribution in [2.24, 2.45) is 5.92 Å². The number of esters is 2. The van der Waals surface area contributed by atoms with E-state index in [1.165, 1.54) is 24.3 Å². The van der Waals surface area contributed by atoms with Gasteiger partial charge in [0.15, 0.2) is 0 Å². The Hall–Kier alpha value is -2.70. The van der Waals surface area contributed by atoms with Crippen LogP contribution in [-0.4, -0.2) is 34.2 Å². The fraction of sp³-hybridized carbons (Fsp3) is 0.391. The fourth-order valence-corrected chi connectivity index (χ4v) is 3.03. The Morgan fingerprint density at radius 3 is 1.72 bits per heavy atom. The van der Waals surface area contributed by atoms with Crippen LogP contribution in [0, 0.1) is 5.92 Å². The second kappa shape index (κ2) is 10.7. The summed E-state index contributed by atoms with van der Waals surface area (Å²) in [6.45, 7) is 3.70. The maximum atomic E-state index is 12.6. The molecule has 0 aliphatic rings. The lowest BCUT2D eigenvalue weighted by Crippen LogP contribution is -2.51.